The molecule has 2 heteroatoms. The van der Waals surface area contributed by atoms with Crippen LogP contribution >= 0.6 is 0 Å². The van der Waals surface area contributed by atoms with Crippen LogP contribution < -0.4 is 5.32 Å². The highest BCUT2D eigenvalue weighted by atomic mass is 15.1. The van der Waals surface area contributed by atoms with E-state index in [1.807, 2.05) is 0 Å². The summed E-state index contributed by atoms with van der Waals surface area (Å²) >= 11 is 0. The SMILES string of the molecule is CCCN1CCC(NC2CCc3ccccc32)CC1. The van der Waals surface area contributed by atoms with Gasteiger partial charge in [0.15, 0.2) is 0 Å². The van der Waals surface area contributed by atoms with Crippen molar-refractivity contribution in [1.82, 2.24) is 10.2 Å². The second-order valence-electron chi connectivity index (χ2n) is 6.07. The number of piperidine rings is 1. The molecule has 3 rings (SSSR count). The molecule has 1 heterocycles. The van der Waals surface area contributed by atoms with Gasteiger partial charge >= 0.3 is 0 Å². The molecule has 1 N–H and O–H groups in total. The summed E-state index contributed by atoms with van der Waals surface area (Å²) < 4.78 is 0. The highest BCUT2D eigenvalue weighted by Gasteiger charge is 2.26. The van der Waals surface area contributed by atoms with Gasteiger partial charge in [-0.15, -0.1) is 0 Å². The first-order chi connectivity index (χ1) is 9.36. The molecule has 1 saturated heterocycles. The lowest BCUT2D eigenvalue weighted by molar-refractivity contribution is 0.191. The van der Waals surface area contributed by atoms with Crippen LogP contribution in [0.15, 0.2) is 24.3 Å². The summed E-state index contributed by atoms with van der Waals surface area (Å²) in [7, 11) is 0. The Kier molecular flexibility index (Phi) is 4.19. The Hall–Kier alpha value is -0.860. The summed E-state index contributed by atoms with van der Waals surface area (Å²) in [5.74, 6) is 0. The van der Waals surface area contributed by atoms with Crippen LogP contribution in [0.5, 0.6) is 0 Å². The molecule has 0 saturated carbocycles. The number of nitrogens with one attached hydrogen (secondary N) is 1. The largest absolute Gasteiger partial charge is 0.307 e. The van der Waals surface area contributed by atoms with Gasteiger partial charge < -0.3 is 10.2 Å². The predicted octanol–water partition coefficient (Wildman–Crippen LogP) is 3.14. The van der Waals surface area contributed by atoms with Gasteiger partial charge in [-0.2, -0.15) is 0 Å². The molecule has 1 aromatic carbocycles. The molecule has 1 aliphatic carbocycles. The highest BCUT2D eigenvalue weighted by Crippen LogP contribution is 2.31. The Morgan fingerprint density at radius 2 is 1.95 bits per heavy atom. The molecular formula is C17H26N2. The van der Waals surface area contributed by atoms with Crippen molar-refractivity contribution in [2.45, 2.75) is 51.1 Å². The van der Waals surface area contributed by atoms with Crippen molar-refractivity contribution in [3.63, 3.8) is 0 Å². The normalized spacial score (nSPS) is 24.6. The fourth-order valence-corrected chi connectivity index (χ4v) is 3.65. The van der Waals surface area contributed by atoms with E-state index in [2.05, 4.69) is 41.4 Å². The summed E-state index contributed by atoms with van der Waals surface area (Å²) in [5.41, 5.74) is 3.11. The molecular weight excluding hydrogens is 232 g/mol. The molecule has 1 atom stereocenters. The number of hydrogen-bond donors (Lipinski definition) is 1. The molecule has 1 fully saturated rings. The second-order valence-corrected chi connectivity index (χ2v) is 6.07. The number of likely N-dealkylation sites (tertiary alicyclic amines) is 1. The van der Waals surface area contributed by atoms with Crippen molar-refractivity contribution in [2.75, 3.05) is 19.6 Å². The van der Waals surface area contributed by atoms with E-state index in [1.165, 1.54) is 51.7 Å². The molecule has 1 aromatic rings. The molecule has 1 aliphatic heterocycles. The number of fused-ring (bicyclic) bond motifs is 1. The summed E-state index contributed by atoms with van der Waals surface area (Å²) in [6.45, 7) is 6.11. The van der Waals surface area contributed by atoms with E-state index < -0.39 is 0 Å². The van der Waals surface area contributed by atoms with E-state index in [1.54, 1.807) is 11.1 Å². The average molecular weight is 258 g/mol. The minimum atomic E-state index is 0.610. The Morgan fingerprint density at radius 3 is 2.74 bits per heavy atom. The lowest BCUT2D eigenvalue weighted by Gasteiger charge is -2.33. The third-order valence-electron chi connectivity index (χ3n) is 4.70. The monoisotopic (exact) mass is 258 g/mol. The molecule has 2 nitrogen and oxygen atoms in total. The third kappa shape index (κ3) is 3.01. The fourth-order valence-electron chi connectivity index (χ4n) is 3.65. The van der Waals surface area contributed by atoms with Crippen LogP contribution in [-0.2, 0) is 6.42 Å². The third-order valence-corrected chi connectivity index (χ3v) is 4.70. The van der Waals surface area contributed by atoms with Gasteiger partial charge in [-0.25, -0.2) is 0 Å². The Bertz CT molecular complexity index is 407. The van der Waals surface area contributed by atoms with E-state index in [4.69, 9.17) is 0 Å². The molecule has 0 bridgehead atoms. The molecule has 0 aromatic heterocycles. The maximum atomic E-state index is 3.91. The number of benzene rings is 1. The molecule has 104 valence electrons. The fraction of sp³-hybridized carbons (Fsp3) is 0.647. The van der Waals surface area contributed by atoms with Crippen LogP contribution in [0.2, 0.25) is 0 Å². The molecule has 0 spiro atoms. The van der Waals surface area contributed by atoms with E-state index >= 15 is 0 Å². The van der Waals surface area contributed by atoms with Crippen molar-refractivity contribution in [3.05, 3.63) is 35.4 Å². The van der Waals surface area contributed by atoms with Gasteiger partial charge in [-0.05, 0) is 62.9 Å². The molecule has 2 aliphatic rings. The molecule has 19 heavy (non-hydrogen) atoms. The van der Waals surface area contributed by atoms with Gasteiger partial charge in [0, 0.05) is 12.1 Å². The van der Waals surface area contributed by atoms with Crippen molar-refractivity contribution in [1.29, 1.82) is 0 Å². The minimum absolute atomic E-state index is 0.610. The van der Waals surface area contributed by atoms with E-state index in [0.29, 0.717) is 6.04 Å². The molecule has 1 unspecified atom stereocenters. The smallest absolute Gasteiger partial charge is 0.0328 e. The first kappa shape index (κ1) is 13.1. The number of hydrogen-bond acceptors (Lipinski definition) is 2. The van der Waals surface area contributed by atoms with E-state index in [9.17, 15) is 0 Å². The maximum Gasteiger partial charge on any atom is 0.0328 e. The van der Waals surface area contributed by atoms with Crippen molar-refractivity contribution < 1.29 is 0 Å². The highest BCUT2D eigenvalue weighted by molar-refractivity contribution is 5.34. The topological polar surface area (TPSA) is 15.3 Å². The maximum absolute atomic E-state index is 3.91. The minimum Gasteiger partial charge on any atom is -0.307 e. The molecule has 0 amide bonds. The first-order valence-electron chi connectivity index (χ1n) is 7.93. The van der Waals surface area contributed by atoms with Gasteiger partial charge in [-0.1, -0.05) is 31.2 Å². The van der Waals surface area contributed by atoms with Crippen molar-refractivity contribution in [3.8, 4) is 0 Å². The van der Waals surface area contributed by atoms with Crippen molar-refractivity contribution >= 4 is 0 Å². The van der Waals surface area contributed by atoms with Gasteiger partial charge in [0.25, 0.3) is 0 Å². The summed E-state index contributed by atoms with van der Waals surface area (Å²) in [6, 6.07) is 10.3. The zero-order valence-electron chi connectivity index (χ0n) is 12.1. The van der Waals surface area contributed by atoms with E-state index in [-0.39, 0.29) is 0 Å². The van der Waals surface area contributed by atoms with Crippen LogP contribution in [0.1, 0.15) is 49.8 Å². The molecule has 0 radical (unpaired) electrons. The van der Waals surface area contributed by atoms with Crippen LogP contribution in [0, 0.1) is 0 Å². The average Bonchev–Trinajstić information content (AvgIpc) is 2.85. The number of rotatable bonds is 4. The number of aryl methyl sites for hydroxylation is 1. The standard InChI is InChI=1S/C17H26N2/c1-2-11-19-12-9-15(10-13-19)18-17-8-7-14-5-3-4-6-16(14)17/h3-6,15,17-18H,2,7-13H2,1H3. The quantitative estimate of drug-likeness (QED) is 0.892. The van der Waals surface area contributed by atoms with Gasteiger partial charge in [-0.3, -0.25) is 0 Å². The van der Waals surface area contributed by atoms with Crippen molar-refractivity contribution in [2.24, 2.45) is 0 Å². The second kappa shape index (κ2) is 6.06. The van der Waals surface area contributed by atoms with E-state index in [0.717, 1.165) is 6.04 Å². The van der Waals surface area contributed by atoms with Crippen LogP contribution in [0.3, 0.4) is 0 Å². The van der Waals surface area contributed by atoms with Crippen LogP contribution in [0.4, 0.5) is 0 Å². The lowest BCUT2D eigenvalue weighted by atomic mass is 10.0. The first-order valence-corrected chi connectivity index (χ1v) is 7.93. The van der Waals surface area contributed by atoms with Gasteiger partial charge in [0.1, 0.15) is 0 Å². The van der Waals surface area contributed by atoms with Crippen LogP contribution in [-0.4, -0.2) is 30.6 Å². The Labute approximate surface area is 117 Å². The summed E-state index contributed by atoms with van der Waals surface area (Å²) in [5, 5.41) is 3.91. The Balaban J connectivity index is 1.54. The summed E-state index contributed by atoms with van der Waals surface area (Å²) in [4.78, 5) is 2.61. The lowest BCUT2D eigenvalue weighted by Crippen LogP contribution is -2.43. The zero-order chi connectivity index (χ0) is 13.1. The van der Waals surface area contributed by atoms with Gasteiger partial charge in [0.2, 0.25) is 0 Å². The Morgan fingerprint density at radius 1 is 1.16 bits per heavy atom. The number of nitrogens with zero attached hydrogens (tertiary/aromatic N) is 1. The predicted molar refractivity (Wildman–Crippen MR) is 80.4 cm³/mol. The summed E-state index contributed by atoms with van der Waals surface area (Å²) in [6.07, 6.45) is 6.46. The van der Waals surface area contributed by atoms with Crippen LogP contribution in [0.25, 0.3) is 0 Å². The van der Waals surface area contributed by atoms with Gasteiger partial charge in [0.05, 0.1) is 0 Å². The zero-order valence-corrected chi connectivity index (χ0v) is 12.1.